The number of hydrogen-bond donors (Lipinski definition) is 2. The number of nitrogens with one attached hydrogen (secondary N) is 1. The zero-order chi connectivity index (χ0) is 9.56. The summed E-state index contributed by atoms with van der Waals surface area (Å²) in [5.74, 6) is -0.392. The van der Waals surface area contributed by atoms with Crippen molar-refractivity contribution in [3.63, 3.8) is 0 Å². The molecule has 2 atom stereocenters. The van der Waals surface area contributed by atoms with Gasteiger partial charge in [0.1, 0.15) is 23.0 Å². The molecule has 0 aromatic heterocycles. The van der Waals surface area contributed by atoms with Gasteiger partial charge < -0.3 is 5.11 Å². The monoisotopic (exact) mass is 172 g/mol. The number of Topliss-reactive ketones (excluding diaryl/α,β-unsaturated/α-hetero) is 1. The van der Waals surface area contributed by atoms with Crippen LogP contribution in [0.4, 0.5) is 0 Å². The lowest BCUT2D eigenvalue weighted by Crippen LogP contribution is -2.24. The minimum Gasteiger partial charge on any atom is -0.392 e. The fourth-order valence-electron chi connectivity index (χ4n) is 0.761. The number of carbonyl (C=O) groups excluding carboxylic acids is 1. The van der Waals surface area contributed by atoms with Crippen molar-refractivity contribution in [3.8, 4) is 0 Å². The molecule has 68 valence electrons. The minimum absolute atomic E-state index is 0.0367. The Labute approximate surface area is 71.0 Å². The first-order valence-corrected chi connectivity index (χ1v) is 3.81. The lowest BCUT2D eigenvalue weighted by molar-refractivity contribution is -0.123. The number of rotatable bonds is 5. The molecule has 5 heteroatoms. The van der Waals surface area contributed by atoms with E-state index in [1.807, 2.05) is 0 Å². The highest BCUT2D eigenvalue weighted by Crippen LogP contribution is 2.07. The molecule has 0 rings (SSSR count). The van der Waals surface area contributed by atoms with E-state index in [1.165, 1.54) is 6.92 Å². The van der Waals surface area contributed by atoms with E-state index >= 15 is 0 Å². The van der Waals surface area contributed by atoms with Crippen molar-refractivity contribution < 1.29 is 9.90 Å². The molecule has 5 nitrogen and oxygen atoms in total. The number of aliphatic hydroxyl groups excluding tert-OH is 1. The van der Waals surface area contributed by atoms with Gasteiger partial charge in [-0.1, -0.05) is 6.92 Å². The first-order valence-electron chi connectivity index (χ1n) is 3.81. The van der Waals surface area contributed by atoms with E-state index in [2.05, 4.69) is 10.0 Å². The first kappa shape index (κ1) is 10.9. The second-order valence-electron chi connectivity index (χ2n) is 2.72. The number of hydrogen-bond acceptors (Lipinski definition) is 4. The molecule has 0 unspecified atom stereocenters. The van der Waals surface area contributed by atoms with Crippen LogP contribution in [-0.4, -0.2) is 23.5 Å². The van der Waals surface area contributed by atoms with Crippen LogP contribution in [0.15, 0.2) is 5.11 Å². The maximum Gasteiger partial charge on any atom is 0.214 e. The van der Waals surface area contributed by atoms with Gasteiger partial charge >= 0.3 is 0 Å². The van der Waals surface area contributed by atoms with Crippen LogP contribution in [-0.2, 0) is 4.79 Å². The fraction of sp³-hybridized carbons (Fsp3) is 0.857. The molecular weight excluding hydrogens is 158 g/mol. The number of carbonyl (C=O) groups is 1. The first-order chi connectivity index (χ1) is 5.59. The van der Waals surface area contributed by atoms with E-state index in [0.717, 1.165) is 0 Å². The molecular formula is C7H14N3O2+. The average Bonchev–Trinajstić information content (AvgIpc) is 2.03. The molecule has 0 heterocycles. The molecule has 0 fully saturated rings. The van der Waals surface area contributed by atoms with Crippen molar-refractivity contribution in [2.24, 2.45) is 11.0 Å². The molecule has 0 aliphatic rings. The van der Waals surface area contributed by atoms with Crippen LogP contribution in [0.25, 0.3) is 0 Å². The van der Waals surface area contributed by atoms with E-state index in [4.69, 9.17) is 5.53 Å². The maximum absolute atomic E-state index is 10.8. The van der Waals surface area contributed by atoms with Crippen molar-refractivity contribution in [1.82, 2.24) is 4.91 Å². The molecule has 0 amide bonds. The Morgan fingerprint density at radius 3 is 2.75 bits per heavy atom. The topological polar surface area (TPSA) is 87.6 Å². The number of ketones is 1. The van der Waals surface area contributed by atoms with Crippen LogP contribution in [0, 0.1) is 11.4 Å². The van der Waals surface area contributed by atoms with Gasteiger partial charge in [-0.2, -0.15) is 0 Å². The summed E-state index contributed by atoms with van der Waals surface area (Å²) < 4.78 is 0. The molecule has 12 heavy (non-hydrogen) atoms. The fourth-order valence-corrected chi connectivity index (χ4v) is 0.761. The second-order valence-corrected chi connectivity index (χ2v) is 2.72. The maximum atomic E-state index is 10.8. The Bertz CT molecular complexity index is 199. The molecule has 0 saturated carbocycles. The van der Waals surface area contributed by atoms with E-state index in [0.29, 0.717) is 13.0 Å². The quantitative estimate of drug-likeness (QED) is 0.467. The van der Waals surface area contributed by atoms with Gasteiger partial charge in [-0.05, 0) is 6.92 Å². The highest BCUT2D eigenvalue weighted by Gasteiger charge is 2.18. The lowest BCUT2D eigenvalue weighted by atomic mass is 9.98. The second kappa shape index (κ2) is 5.57. The summed E-state index contributed by atoms with van der Waals surface area (Å²) in [6, 6.07) is 0. The molecule has 2 N–H and O–H groups in total. The van der Waals surface area contributed by atoms with E-state index in [9.17, 15) is 9.90 Å². The Hall–Kier alpha value is -1.06. The van der Waals surface area contributed by atoms with Gasteiger partial charge in [-0.15, -0.1) is 0 Å². The van der Waals surface area contributed by atoms with Gasteiger partial charge in [0, 0.05) is 12.3 Å². The standard InChI is InChI=1S/C7H14N3O2/c1-5(6(2)11)7(12)3-4-9-10-8/h5,7-8,12H,3-4H2,1-2H3/q+1/t5-,7-/m1/s1. The molecule has 0 aromatic rings. The van der Waals surface area contributed by atoms with Gasteiger partial charge in [-0.25, -0.2) is 0 Å². The summed E-state index contributed by atoms with van der Waals surface area (Å²) >= 11 is 0. The summed E-state index contributed by atoms with van der Waals surface area (Å²) in [6.45, 7) is 3.41. The van der Waals surface area contributed by atoms with Gasteiger partial charge in [0.15, 0.2) is 0 Å². The van der Waals surface area contributed by atoms with Gasteiger partial charge in [0.05, 0.1) is 6.10 Å². The van der Waals surface area contributed by atoms with Crippen LogP contribution in [0.1, 0.15) is 20.3 Å². The third-order valence-corrected chi connectivity index (χ3v) is 1.81. The van der Waals surface area contributed by atoms with E-state index in [1.54, 1.807) is 6.92 Å². The van der Waals surface area contributed by atoms with Crippen molar-refractivity contribution >= 4 is 5.78 Å². The summed E-state index contributed by atoms with van der Waals surface area (Å²) in [7, 11) is 0. The molecule has 0 aliphatic carbocycles. The largest absolute Gasteiger partial charge is 0.392 e. The summed E-state index contributed by atoms with van der Waals surface area (Å²) in [6.07, 6.45) is -0.295. The van der Waals surface area contributed by atoms with E-state index in [-0.39, 0.29) is 11.7 Å². The minimum atomic E-state index is -0.673. The zero-order valence-corrected chi connectivity index (χ0v) is 7.32. The highest BCUT2D eigenvalue weighted by atomic mass is 16.3. The number of nitrogens with zero attached hydrogens (tertiary/aromatic N) is 2. The Morgan fingerprint density at radius 2 is 2.33 bits per heavy atom. The smallest absolute Gasteiger partial charge is 0.214 e. The summed E-state index contributed by atoms with van der Waals surface area (Å²) in [5.41, 5.74) is 6.35. The van der Waals surface area contributed by atoms with Crippen LogP contribution < -0.4 is 4.91 Å². The predicted molar refractivity (Wildman–Crippen MR) is 42.6 cm³/mol. The zero-order valence-electron chi connectivity index (χ0n) is 7.32. The number of aliphatic hydroxyl groups is 1. The van der Waals surface area contributed by atoms with Crippen molar-refractivity contribution in [2.75, 3.05) is 6.54 Å². The molecule has 0 aliphatic heterocycles. The van der Waals surface area contributed by atoms with Crippen molar-refractivity contribution in [2.45, 2.75) is 26.4 Å². The predicted octanol–water partition coefficient (Wildman–Crippen LogP) is 0.513. The third-order valence-electron chi connectivity index (χ3n) is 1.81. The summed E-state index contributed by atoms with van der Waals surface area (Å²) in [4.78, 5) is 13.6. The summed E-state index contributed by atoms with van der Waals surface area (Å²) in [5, 5.41) is 12.7. The third kappa shape index (κ3) is 3.95. The van der Waals surface area contributed by atoms with Crippen molar-refractivity contribution in [1.29, 1.82) is 5.53 Å². The molecule has 0 saturated heterocycles. The highest BCUT2D eigenvalue weighted by molar-refractivity contribution is 5.78. The van der Waals surface area contributed by atoms with Crippen LogP contribution >= 0.6 is 0 Å². The molecule has 0 bridgehead atoms. The van der Waals surface area contributed by atoms with Crippen LogP contribution in [0.2, 0.25) is 0 Å². The van der Waals surface area contributed by atoms with Gasteiger partial charge in [-0.3, -0.25) is 4.79 Å². The van der Waals surface area contributed by atoms with Crippen molar-refractivity contribution in [3.05, 3.63) is 0 Å². The average molecular weight is 172 g/mol. The Morgan fingerprint density at radius 1 is 1.75 bits per heavy atom. The van der Waals surface area contributed by atoms with Crippen LogP contribution in [0.5, 0.6) is 0 Å². The SMILES string of the molecule is CC(=O)[C@@H](C)[C@H](O)CCN=[N+]=N. The lowest BCUT2D eigenvalue weighted by Gasteiger charge is -2.13. The normalized spacial score (nSPS) is 14.6. The molecule has 0 spiro atoms. The molecule has 0 aromatic carbocycles. The Kier molecular flexibility index (Phi) is 5.08. The molecule has 0 radical (unpaired) electrons. The Balaban J connectivity index is 3.78. The van der Waals surface area contributed by atoms with Crippen LogP contribution in [0.3, 0.4) is 0 Å². The van der Waals surface area contributed by atoms with E-state index < -0.39 is 6.10 Å². The van der Waals surface area contributed by atoms with Gasteiger partial charge in [0.25, 0.3) is 0 Å². The van der Waals surface area contributed by atoms with Gasteiger partial charge in [0.2, 0.25) is 4.91 Å².